The molecule has 0 aliphatic rings. The minimum atomic E-state index is -0.588. The van der Waals surface area contributed by atoms with Crippen LogP contribution in [-0.2, 0) is 16.0 Å². The fraction of sp³-hybridized carbons (Fsp3) is 0.185. The van der Waals surface area contributed by atoms with Gasteiger partial charge in [0, 0.05) is 27.7 Å². The van der Waals surface area contributed by atoms with Crippen LogP contribution in [0.15, 0.2) is 60.7 Å². The molecular formula is C27H24N4O5S. The van der Waals surface area contributed by atoms with Gasteiger partial charge in [0.05, 0.1) is 39.1 Å². The van der Waals surface area contributed by atoms with Crippen molar-refractivity contribution in [1.82, 2.24) is 13.3 Å². The van der Waals surface area contributed by atoms with Crippen LogP contribution in [0.3, 0.4) is 0 Å². The Bertz CT molecular complexity index is 1620. The highest BCUT2D eigenvalue weighted by molar-refractivity contribution is 7.00. The minimum absolute atomic E-state index is 0.221. The van der Waals surface area contributed by atoms with Crippen LogP contribution in [0.2, 0.25) is 0 Å². The summed E-state index contributed by atoms with van der Waals surface area (Å²) in [4.78, 5) is 25.4. The molecule has 188 valence electrons. The Balaban J connectivity index is 1.81. The number of fused-ring (bicyclic) bond motifs is 2. The van der Waals surface area contributed by atoms with Crippen molar-refractivity contribution < 1.29 is 23.8 Å². The number of ether oxygens (including phenoxy) is 3. The first-order valence-corrected chi connectivity index (χ1v) is 12.3. The average Bonchev–Trinajstić information content (AvgIpc) is 3.51. The summed E-state index contributed by atoms with van der Waals surface area (Å²) in [6.07, 6.45) is -0.588. The summed E-state index contributed by atoms with van der Waals surface area (Å²) in [6, 6.07) is 18.8. The lowest BCUT2D eigenvalue weighted by molar-refractivity contribution is 0.0516. The number of methoxy groups -OCH3 is 2. The van der Waals surface area contributed by atoms with E-state index in [1.807, 2.05) is 59.2 Å². The molecule has 0 spiro atoms. The number of esters is 1. The van der Waals surface area contributed by atoms with E-state index in [9.17, 15) is 9.59 Å². The molecule has 0 saturated heterocycles. The summed E-state index contributed by atoms with van der Waals surface area (Å²) < 4.78 is 26.5. The molecule has 0 fully saturated rings. The van der Waals surface area contributed by atoms with Crippen molar-refractivity contribution in [3.8, 4) is 16.9 Å². The quantitative estimate of drug-likeness (QED) is 0.276. The van der Waals surface area contributed by atoms with E-state index in [4.69, 9.17) is 14.2 Å². The van der Waals surface area contributed by atoms with Crippen molar-refractivity contribution in [2.75, 3.05) is 26.1 Å². The van der Waals surface area contributed by atoms with E-state index in [2.05, 4.69) is 14.1 Å². The Hall–Kier alpha value is -4.44. The number of anilines is 1. The maximum absolute atomic E-state index is 13.5. The van der Waals surface area contributed by atoms with Crippen LogP contribution >= 0.6 is 11.7 Å². The van der Waals surface area contributed by atoms with E-state index in [1.165, 1.54) is 7.11 Å². The second-order valence-electron chi connectivity index (χ2n) is 8.16. The first-order chi connectivity index (χ1) is 18.0. The predicted octanol–water partition coefficient (Wildman–Crippen LogP) is 5.72. The summed E-state index contributed by atoms with van der Waals surface area (Å²) >= 11 is 1.13. The van der Waals surface area contributed by atoms with Crippen molar-refractivity contribution in [2.24, 2.45) is 0 Å². The first kappa shape index (κ1) is 24.3. The summed E-state index contributed by atoms with van der Waals surface area (Å²) in [5, 5.41) is 3.47. The largest absolute Gasteiger partial charge is 0.496 e. The second-order valence-corrected chi connectivity index (χ2v) is 8.69. The van der Waals surface area contributed by atoms with Gasteiger partial charge in [0.15, 0.2) is 0 Å². The molecule has 0 radical (unpaired) electrons. The Morgan fingerprint density at radius 1 is 1.00 bits per heavy atom. The van der Waals surface area contributed by atoms with Gasteiger partial charge in [-0.05, 0) is 48.9 Å². The molecule has 1 amide bonds. The van der Waals surface area contributed by atoms with Crippen LogP contribution in [0.1, 0.15) is 23.0 Å². The van der Waals surface area contributed by atoms with E-state index in [0.717, 1.165) is 44.8 Å². The number of carbonyl (C=O) groups is 2. The highest BCUT2D eigenvalue weighted by Crippen LogP contribution is 2.39. The van der Waals surface area contributed by atoms with Gasteiger partial charge in [-0.25, -0.2) is 9.59 Å². The fourth-order valence-corrected chi connectivity index (χ4v) is 4.93. The van der Waals surface area contributed by atoms with Gasteiger partial charge in [0.1, 0.15) is 22.5 Å². The third kappa shape index (κ3) is 4.58. The van der Waals surface area contributed by atoms with Crippen molar-refractivity contribution in [3.05, 3.63) is 71.9 Å². The standard InChI is InChI=1S/C27H24N4O5S/c1-4-36-26(32)25-24(16-9-11-20-21(13-16)30-37-29-20)19-14-18(28-27(33)35-3)10-12-22(19)31(25)15-17-7-5-6-8-23(17)34-2/h5-14H,4,15H2,1-3H3,(H,28,33). The lowest BCUT2D eigenvalue weighted by Crippen LogP contribution is -2.14. The molecule has 0 saturated carbocycles. The van der Waals surface area contributed by atoms with Crippen LogP contribution < -0.4 is 10.1 Å². The van der Waals surface area contributed by atoms with Gasteiger partial charge in [-0.1, -0.05) is 24.3 Å². The molecule has 2 aromatic heterocycles. The lowest BCUT2D eigenvalue weighted by Gasteiger charge is -2.14. The zero-order valence-corrected chi connectivity index (χ0v) is 21.3. The Morgan fingerprint density at radius 3 is 2.59 bits per heavy atom. The summed E-state index contributed by atoms with van der Waals surface area (Å²) in [5.74, 6) is 0.252. The molecule has 2 heterocycles. The van der Waals surface area contributed by atoms with Gasteiger partial charge in [-0.3, -0.25) is 5.32 Å². The van der Waals surface area contributed by atoms with Gasteiger partial charge in [0.25, 0.3) is 0 Å². The third-order valence-corrected chi connectivity index (χ3v) is 6.58. The zero-order valence-electron chi connectivity index (χ0n) is 20.5. The molecule has 5 rings (SSSR count). The molecule has 5 aromatic rings. The molecule has 9 nitrogen and oxygen atoms in total. The highest BCUT2D eigenvalue weighted by atomic mass is 32.1. The molecule has 3 aromatic carbocycles. The molecule has 1 N–H and O–H groups in total. The van der Waals surface area contributed by atoms with E-state index in [1.54, 1.807) is 20.1 Å². The Labute approximate surface area is 216 Å². The van der Waals surface area contributed by atoms with Gasteiger partial charge in [0.2, 0.25) is 0 Å². The fourth-order valence-electron chi connectivity index (χ4n) is 4.41. The minimum Gasteiger partial charge on any atom is -0.496 e. The highest BCUT2D eigenvalue weighted by Gasteiger charge is 2.26. The SMILES string of the molecule is CCOC(=O)c1c(-c2ccc3nsnc3c2)c2cc(NC(=O)OC)ccc2n1Cc1ccccc1OC. The smallest absolute Gasteiger partial charge is 0.411 e. The number of aromatic nitrogens is 3. The second kappa shape index (κ2) is 10.3. The zero-order chi connectivity index (χ0) is 25.9. The molecule has 0 aliphatic heterocycles. The Morgan fingerprint density at radius 2 is 1.81 bits per heavy atom. The predicted molar refractivity (Wildman–Crippen MR) is 142 cm³/mol. The number of para-hydroxylation sites is 1. The Kier molecular flexibility index (Phi) is 6.74. The summed E-state index contributed by atoms with van der Waals surface area (Å²) in [6.45, 7) is 2.35. The number of nitrogens with zero attached hydrogens (tertiary/aromatic N) is 3. The van der Waals surface area contributed by atoms with E-state index < -0.39 is 12.1 Å². The van der Waals surface area contributed by atoms with E-state index >= 15 is 0 Å². The maximum atomic E-state index is 13.5. The number of carbonyl (C=O) groups excluding carboxylic acids is 2. The molecular weight excluding hydrogens is 492 g/mol. The normalized spacial score (nSPS) is 11.0. The molecule has 0 unspecified atom stereocenters. The van der Waals surface area contributed by atoms with Crippen LogP contribution in [0, 0.1) is 0 Å². The molecule has 37 heavy (non-hydrogen) atoms. The average molecular weight is 517 g/mol. The van der Waals surface area contributed by atoms with Crippen molar-refractivity contribution in [3.63, 3.8) is 0 Å². The van der Waals surface area contributed by atoms with E-state index in [-0.39, 0.29) is 6.61 Å². The maximum Gasteiger partial charge on any atom is 0.411 e. The molecule has 0 atom stereocenters. The number of benzene rings is 3. The number of amides is 1. The number of nitrogens with one attached hydrogen (secondary N) is 1. The summed E-state index contributed by atoms with van der Waals surface area (Å²) in [5.41, 5.74) is 5.56. The topological polar surface area (TPSA) is 105 Å². The molecule has 0 aliphatic carbocycles. The van der Waals surface area contributed by atoms with Crippen LogP contribution in [-0.4, -0.2) is 46.2 Å². The summed E-state index contributed by atoms with van der Waals surface area (Å²) in [7, 11) is 2.92. The van der Waals surface area contributed by atoms with Gasteiger partial charge >= 0.3 is 12.1 Å². The van der Waals surface area contributed by atoms with Crippen molar-refractivity contribution in [1.29, 1.82) is 0 Å². The van der Waals surface area contributed by atoms with Crippen molar-refractivity contribution >= 4 is 51.4 Å². The number of hydrogen-bond acceptors (Lipinski definition) is 8. The lowest BCUT2D eigenvalue weighted by atomic mass is 10.0. The van der Waals surface area contributed by atoms with Crippen molar-refractivity contribution in [2.45, 2.75) is 13.5 Å². The van der Waals surface area contributed by atoms with Gasteiger partial charge in [-0.15, -0.1) is 0 Å². The van der Waals surface area contributed by atoms with Gasteiger partial charge in [-0.2, -0.15) is 8.75 Å². The van der Waals surface area contributed by atoms with E-state index in [0.29, 0.717) is 29.2 Å². The molecule has 10 heteroatoms. The van der Waals surface area contributed by atoms with Gasteiger partial charge < -0.3 is 18.8 Å². The van der Waals surface area contributed by atoms with Crippen LogP contribution in [0.5, 0.6) is 5.75 Å². The number of rotatable bonds is 7. The van der Waals surface area contributed by atoms with Crippen LogP contribution in [0.4, 0.5) is 10.5 Å². The molecule has 0 bridgehead atoms. The first-order valence-electron chi connectivity index (χ1n) is 11.6. The number of hydrogen-bond donors (Lipinski definition) is 1. The monoisotopic (exact) mass is 516 g/mol. The van der Waals surface area contributed by atoms with Crippen LogP contribution in [0.25, 0.3) is 33.1 Å². The third-order valence-electron chi connectivity index (χ3n) is 6.03.